The standard InChI is InChI=1S/C11H19OSi.C9H7.C3H6.2ClH.Zr/c1-13(2,3)12-10-6-9-11-7-4-5-8-11;1-2-5-9-7-3-6-8(9)4-1;1-3-2;;;/h4-5,7-8H,6,9-10H2,1-3H3;1-7H;1-2H3;2*1H;/q2*-1;;;;+2/p-2. The third kappa shape index (κ3) is 15.6. The summed E-state index contributed by atoms with van der Waals surface area (Å²) in [6.07, 6.45) is 2.30. The van der Waals surface area contributed by atoms with Gasteiger partial charge in [-0.3, -0.25) is 0 Å². The van der Waals surface area contributed by atoms with Crippen molar-refractivity contribution >= 4 is 22.3 Å². The van der Waals surface area contributed by atoms with E-state index in [-0.39, 0.29) is 24.8 Å². The van der Waals surface area contributed by atoms with Gasteiger partial charge in [-0.15, -0.1) is 29.7 Å². The van der Waals surface area contributed by atoms with Crippen LogP contribution in [-0.4, -0.2) is 18.1 Å². The second kappa shape index (κ2) is 16.5. The SMILES string of the molecule is C[C](C)=[Zr+2].C[Si](C)(C)OCCC[c-]1cccc1.[Cl-].[Cl-].c1ccc2[cH-]ccc2c1. The Hall–Kier alpha value is -0.310. The van der Waals surface area contributed by atoms with E-state index in [9.17, 15) is 0 Å². The summed E-state index contributed by atoms with van der Waals surface area (Å²) in [6.45, 7) is 11.9. The van der Waals surface area contributed by atoms with Gasteiger partial charge in [-0.05, 0) is 26.1 Å². The van der Waals surface area contributed by atoms with Gasteiger partial charge in [0, 0.05) is 6.61 Å². The Kier molecular flexibility index (Phi) is 17.6. The molecule has 0 fully saturated rings. The summed E-state index contributed by atoms with van der Waals surface area (Å²) >= 11 is 1.55. The topological polar surface area (TPSA) is 9.23 Å². The van der Waals surface area contributed by atoms with Gasteiger partial charge in [-0.25, -0.2) is 12.1 Å². The van der Waals surface area contributed by atoms with E-state index in [0.717, 1.165) is 19.4 Å². The smallest absolute Gasteiger partial charge is 0.183 e. The number of benzene rings is 1. The third-order valence-corrected chi connectivity index (χ3v) is 4.49. The van der Waals surface area contributed by atoms with E-state index in [2.05, 4.69) is 100 Å². The van der Waals surface area contributed by atoms with Crippen molar-refractivity contribution in [1.82, 2.24) is 0 Å². The zero-order valence-corrected chi connectivity index (χ0v) is 22.6. The molecule has 0 aliphatic rings. The van der Waals surface area contributed by atoms with Gasteiger partial charge >= 0.3 is 41.3 Å². The molecule has 0 amide bonds. The molecule has 0 saturated heterocycles. The van der Waals surface area contributed by atoms with Crippen LogP contribution in [0.15, 0.2) is 66.7 Å². The minimum atomic E-state index is -1.28. The maximum absolute atomic E-state index is 5.77. The first-order valence-corrected chi connectivity index (χ1v) is 13.9. The number of fused-ring (bicyclic) bond motifs is 1. The summed E-state index contributed by atoms with van der Waals surface area (Å²) < 4.78 is 7.27. The van der Waals surface area contributed by atoms with Crippen molar-refractivity contribution < 1.29 is 53.5 Å². The Labute approximate surface area is 199 Å². The predicted molar refractivity (Wildman–Crippen MR) is 116 cm³/mol. The molecule has 5 heteroatoms. The van der Waals surface area contributed by atoms with E-state index in [4.69, 9.17) is 4.43 Å². The first kappa shape index (κ1) is 29.9. The number of hydrogen-bond acceptors (Lipinski definition) is 1. The zero-order valence-electron chi connectivity index (χ0n) is 17.6. The molecule has 0 bridgehead atoms. The average Bonchev–Trinajstić information content (AvgIpc) is 3.22. The van der Waals surface area contributed by atoms with E-state index >= 15 is 0 Å². The minimum absolute atomic E-state index is 0. The van der Waals surface area contributed by atoms with Crippen LogP contribution in [0.5, 0.6) is 0 Å². The van der Waals surface area contributed by atoms with Crippen LogP contribution in [0.3, 0.4) is 0 Å². The molecule has 3 aromatic rings. The van der Waals surface area contributed by atoms with E-state index < -0.39 is 8.32 Å². The van der Waals surface area contributed by atoms with Crippen LogP contribution < -0.4 is 24.8 Å². The van der Waals surface area contributed by atoms with Crippen molar-refractivity contribution in [3.8, 4) is 0 Å². The quantitative estimate of drug-likeness (QED) is 0.274. The molecule has 0 aliphatic heterocycles. The molecule has 3 aromatic carbocycles. The van der Waals surface area contributed by atoms with Crippen molar-refractivity contribution in [3.05, 3.63) is 72.3 Å². The zero-order chi connectivity index (χ0) is 19.4. The number of rotatable bonds is 5. The van der Waals surface area contributed by atoms with Gasteiger partial charge in [-0.1, -0.05) is 12.5 Å². The summed E-state index contributed by atoms with van der Waals surface area (Å²) in [6, 6.07) is 23.2. The molecule has 0 saturated carbocycles. The Balaban J connectivity index is 0. The molecular formula is C23H32Cl2OSiZr-2. The van der Waals surface area contributed by atoms with Crippen LogP contribution in [0.4, 0.5) is 0 Å². The molecule has 3 rings (SSSR count). The van der Waals surface area contributed by atoms with Gasteiger partial charge in [0.05, 0.1) is 0 Å². The van der Waals surface area contributed by atoms with Gasteiger partial charge in [-0.2, -0.15) is 35.2 Å². The summed E-state index contributed by atoms with van der Waals surface area (Å²) in [4.78, 5) is 0. The van der Waals surface area contributed by atoms with Crippen molar-refractivity contribution in [2.45, 2.75) is 46.3 Å². The van der Waals surface area contributed by atoms with E-state index in [1.165, 1.54) is 19.5 Å². The Morgan fingerprint density at radius 2 is 1.57 bits per heavy atom. The second-order valence-electron chi connectivity index (χ2n) is 7.51. The molecular weight excluding hydrogens is 482 g/mol. The average molecular weight is 515 g/mol. The third-order valence-electron chi connectivity index (χ3n) is 3.42. The first-order chi connectivity index (χ1) is 12.3. The number of halogens is 2. The van der Waals surface area contributed by atoms with Crippen molar-refractivity contribution in [2.75, 3.05) is 6.61 Å². The van der Waals surface area contributed by atoms with E-state index in [0.29, 0.717) is 0 Å². The van der Waals surface area contributed by atoms with Crippen LogP contribution in [0.25, 0.3) is 10.8 Å². The molecule has 0 aliphatic carbocycles. The molecule has 0 spiro atoms. The van der Waals surface area contributed by atoms with Gasteiger partial charge in [0.25, 0.3) is 0 Å². The minimum Gasteiger partial charge on any atom is -1.00 e. The molecule has 1 nitrogen and oxygen atoms in total. The number of aryl methyl sites for hydroxylation is 1. The van der Waals surface area contributed by atoms with Crippen molar-refractivity contribution in [3.63, 3.8) is 0 Å². The Morgan fingerprint density at radius 1 is 1.00 bits per heavy atom. The normalized spacial score (nSPS) is 9.82. The summed E-state index contributed by atoms with van der Waals surface area (Å²) in [7, 11) is -1.28. The fourth-order valence-electron chi connectivity index (χ4n) is 2.31. The van der Waals surface area contributed by atoms with Crippen LogP contribution in [-0.2, 0) is 35.1 Å². The van der Waals surface area contributed by atoms with Crippen LogP contribution in [0.2, 0.25) is 19.6 Å². The Bertz CT molecular complexity index is 711. The molecule has 0 atom stereocenters. The van der Waals surface area contributed by atoms with E-state index in [1.807, 2.05) is 0 Å². The van der Waals surface area contributed by atoms with Crippen LogP contribution >= 0.6 is 0 Å². The summed E-state index contributed by atoms with van der Waals surface area (Å²) in [5.74, 6) is 0. The number of hydrogen-bond donors (Lipinski definition) is 0. The summed E-state index contributed by atoms with van der Waals surface area (Å²) in [5, 5.41) is 2.66. The summed E-state index contributed by atoms with van der Waals surface area (Å²) in [5.41, 5.74) is 1.43. The molecule has 0 unspecified atom stereocenters. The van der Waals surface area contributed by atoms with Crippen LogP contribution in [0, 0.1) is 0 Å². The largest absolute Gasteiger partial charge is 1.00 e. The van der Waals surface area contributed by atoms with Gasteiger partial charge in [0.2, 0.25) is 0 Å². The fraction of sp³-hybridized carbons (Fsp3) is 0.348. The predicted octanol–water partition coefficient (Wildman–Crippen LogP) is 0.502. The fourth-order valence-corrected chi connectivity index (χ4v) is 3.06. The monoisotopic (exact) mass is 512 g/mol. The Morgan fingerprint density at radius 3 is 2.11 bits per heavy atom. The van der Waals surface area contributed by atoms with Gasteiger partial charge in [0.15, 0.2) is 8.32 Å². The van der Waals surface area contributed by atoms with Crippen molar-refractivity contribution in [2.24, 2.45) is 0 Å². The van der Waals surface area contributed by atoms with Crippen molar-refractivity contribution in [1.29, 1.82) is 0 Å². The van der Waals surface area contributed by atoms with Gasteiger partial charge < -0.3 is 29.2 Å². The first-order valence-electron chi connectivity index (χ1n) is 9.25. The molecule has 0 radical (unpaired) electrons. The van der Waals surface area contributed by atoms with Crippen LogP contribution in [0.1, 0.15) is 25.8 Å². The second-order valence-corrected chi connectivity index (χ2v) is 14.5. The maximum Gasteiger partial charge on any atom is 0.183 e. The molecule has 0 N–H and O–H groups in total. The molecule has 28 heavy (non-hydrogen) atoms. The molecule has 154 valence electrons. The van der Waals surface area contributed by atoms with E-state index in [1.54, 1.807) is 24.2 Å². The van der Waals surface area contributed by atoms with Gasteiger partial charge in [0.1, 0.15) is 0 Å². The molecule has 0 aromatic heterocycles. The molecule has 0 heterocycles. The maximum atomic E-state index is 5.77.